The van der Waals surface area contributed by atoms with Gasteiger partial charge in [0.25, 0.3) is 0 Å². The Balaban J connectivity index is 0.00000312. The summed E-state index contributed by atoms with van der Waals surface area (Å²) in [5.74, 6) is 2.55. The van der Waals surface area contributed by atoms with E-state index in [-0.39, 0.29) is 24.0 Å². The average molecular weight is 462 g/mol. The fraction of sp³-hybridized carbons (Fsp3) is 0.611. The maximum absolute atomic E-state index is 5.37. The smallest absolute Gasteiger partial charge is 0.191 e. The van der Waals surface area contributed by atoms with Crippen molar-refractivity contribution in [2.45, 2.75) is 32.7 Å². The Labute approximate surface area is 168 Å². The minimum absolute atomic E-state index is 0. The van der Waals surface area contributed by atoms with E-state index in [2.05, 4.69) is 46.5 Å². The van der Waals surface area contributed by atoms with Crippen LogP contribution >= 0.6 is 24.0 Å². The number of nitrogens with zero attached hydrogens (tertiary/aromatic N) is 2. The minimum Gasteiger partial charge on any atom is -0.497 e. The van der Waals surface area contributed by atoms with Crippen LogP contribution in [0.1, 0.15) is 26.7 Å². The molecule has 1 aliphatic heterocycles. The van der Waals surface area contributed by atoms with E-state index in [1.165, 1.54) is 0 Å². The molecule has 142 valence electrons. The summed E-state index contributed by atoms with van der Waals surface area (Å²) < 4.78 is 10.7. The first-order valence-electron chi connectivity index (χ1n) is 8.73. The number of aliphatic imine (C=N–C) groups is 1. The second-order valence-corrected chi connectivity index (χ2v) is 5.91. The van der Waals surface area contributed by atoms with Crippen LogP contribution in [0.15, 0.2) is 23.2 Å². The number of methoxy groups -OCH3 is 2. The molecule has 7 heteroatoms. The predicted octanol–water partition coefficient (Wildman–Crippen LogP) is 2.87. The van der Waals surface area contributed by atoms with Gasteiger partial charge in [0, 0.05) is 56.1 Å². The third-order valence-corrected chi connectivity index (χ3v) is 4.07. The molecular formula is C18H31IN4O2. The highest BCUT2D eigenvalue weighted by atomic mass is 127. The number of nitrogens with one attached hydrogen (secondary N) is 2. The molecule has 1 unspecified atom stereocenters. The third-order valence-electron chi connectivity index (χ3n) is 4.07. The largest absolute Gasteiger partial charge is 0.497 e. The van der Waals surface area contributed by atoms with E-state index in [1.807, 2.05) is 6.07 Å². The molecule has 25 heavy (non-hydrogen) atoms. The second kappa shape index (κ2) is 11.3. The number of anilines is 1. The lowest BCUT2D eigenvalue weighted by atomic mass is 10.2. The van der Waals surface area contributed by atoms with Crippen molar-refractivity contribution in [2.24, 2.45) is 4.99 Å². The van der Waals surface area contributed by atoms with Crippen LogP contribution < -0.4 is 25.0 Å². The molecule has 1 aromatic rings. The molecule has 1 atom stereocenters. The lowest BCUT2D eigenvalue weighted by Gasteiger charge is -2.21. The molecule has 0 aliphatic carbocycles. The summed E-state index contributed by atoms with van der Waals surface area (Å²) in [6, 6.07) is 6.40. The van der Waals surface area contributed by atoms with Gasteiger partial charge in [-0.3, -0.25) is 4.99 Å². The van der Waals surface area contributed by atoms with Gasteiger partial charge in [0.2, 0.25) is 0 Å². The van der Waals surface area contributed by atoms with Crippen molar-refractivity contribution < 1.29 is 9.47 Å². The van der Waals surface area contributed by atoms with E-state index in [1.54, 1.807) is 14.2 Å². The van der Waals surface area contributed by atoms with Gasteiger partial charge in [0.15, 0.2) is 5.96 Å². The Kier molecular flexibility index (Phi) is 9.77. The second-order valence-electron chi connectivity index (χ2n) is 5.91. The molecule has 6 nitrogen and oxygen atoms in total. The molecule has 0 aromatic heterocycles. The first kappa shape index (κ1) is 21.7. The van der Waals surface area contributed by atoms with E-state index < -0.39 is 0 Å². The van der Waals surface area contributed by atoms with E-state index in [4.69, 9.17) is 9.47 Å². The Morgan fingerprint density at radius 3 is 2.44 bits per heavy atom. The van der Waals surface area contributed by atoms with Crippen LogP contribution in [0, 0.1) is 0 Å². The maximum atomic E-state index is 5.37. The number of hydrogen-bond donors (Lipinski definition) is 2. The summed E-state index contributed by atoms with van der Waals surface area (Å²) in [6.45, 7) is 7.89. The number of halogens is 1. The Bertz CT molecular complexity index is 532. The number of ether oxygens (including phenoxy) is 2. The number of rotatable bonds is 7. The molecule has 0 amide bonds. The SMILES string of the molecule is CCCN=C(NCC)NC1CCN(c2cc(OC)cc(OC)c2)C1.I. The minimum atomic E-state index is 0. The molecule has 1 heterocycles. The Morgan fingerprint density at radius 2 is 1.88 bits per heavy atom. The van der Waals surface area contributed by atoms with Crippen molar-refractivity contribution in [3.05, 3.63) is 18.2 Å². The fourth-order valence-corrected chi connectivity index (χ4v) is 2.82. The van der Waals surface area contributed by atoms with Crippen LogP contribution in [0.5, 0.6) is 11.5 Å². The van der Waals surface area contributed by atoms with Gasteiger partial charge in [-0.15, -0.1) is 24.0 Å². The van der Waals surface area contributed by atoms with Crippen LogP contribution in [-0.2, 0) is 0 Å². The first-order valence-corrected chi connectivity index (χ1v) is 8.73. The van der Waals surface area contributed by atoms with Gasteiger partial charge in [0.05, 0.1) is 14.2 Å². The molecule has 1 aromatic carbocycles. The molecule has 2 rings (SSSR count). The highest BCUT2D eigenvalue weighted by Crippen LogP contribution is 2.30. The van der Waals surface area contributed by atoms with Crippen molar-refractivity contribution in [1.29, 1.82) is 0 Å². The molecule has 1 saturated heterocycles. The van der Waals surface area contributed by atoms with Crippen LogP contribution in [-0.4, -0.2) is 52.4 Å². The quantitative estimate of drug-likeness (QED) is 0.371. The van der Waals surface area contributed by atoms with Gasteiger partial charge < -0.3 is 25.0 Å². The monoisotopic (exact) mass is 462 g/mol. The van der Waals surface area contributed by atoms with Crippen molar-refractivity contribution in [3.8, 4) is 11.5 Å². The lowest BCUT2D eigenvalue weighted by molar-refractivity contribution is 0.394. The van der Waals surface area contributed by atoms with Crippen molar-refractivity contribution in [2.75, 3.05) is 45.3 Å². The summed E-state index contributed by atoms with van der Waals surface area (Å²) in [4.78, 5) is 6.94. The maximum Gasteiger partial charge on any atom is 0.191 e. The van der Waals surface area contributed by atoms with Gasteiger partial charge in [0.1, 0.15) is 11.5 Å². The lowest BCUT2D eigenvalue weighted by Crippen LogP contribution is -2.44. The molecular weight excluding hydrogens is 431 g/mol. The topological polar surface area (TPSA) is 58.1 Å². The van der Waals surface area contributed by atoms with Crippen LogP contribution in [0.2, 0.25) is 0 Å². The third kappa shape index (κ3) is 6.45. The zero-order valence-electron chi connectivity index (χ0n) is 15.7. The summed E-state index contributed by atoms with van der Waals surface area (Å²) >= 11 is 0. The van der Waals surface area contributed by atoms with Gasteiger partial charge in [-0.1, -0.05) is 6.92 Å². The Hall–Kier alpha value is -1.38. The first-order chi connectivity index (χ1) is 11.7. The van der Waals surface area contributed by atoms with Gasteiger partial charge in [-0.25, -0.2) is 0 Å². The summed E-state index contributed by atoms with van der Waals surface area (Å²) in [7, 11) is 3.36. The van der Waals surface area contributed by atoms with E-state index in [0.29, 0.717) is 6.04 Å². The summed E-state index contributed by atoms with van der Waals surface area (Å²) in [5, 5.41) is 6.86. The van der Waals surface area contributed by atoms with E-state index >= 15 is 0 Å². The number of benzene rings is 1. The standard InChI is InChI=1S/C18H30N4O2.HI/c1-5-8-20-18(19-6-2)21-14-7-9-22(13-14)15-10-16(23-3)12-17(11-15)24-4;/h10-12,14H,5-9,13H2,1-4H3,(H2,19,20,21);1H. The van der Waals surface area contributed by atoms with E-state index in [9.17, 15) is 0 Å². The average Bonchev–Trinajstić information content (AvgIpc) is 3.08. The number of guanidine groups is 1. The zero-order chi connectivity index (χ0) is 17.4. The van der Waals surface area contributed by atoms with Crippen molar-refractivity contribution in [1.82, 2.24) is 10.6 Å². The van der Waals surface area contributed by atoms with Crippen molar-refractivity contribution >= 4 is 35.6 Å². The molecule has 0 saturated carbocycles. The molecule has 0 spiro atoms. The molecule has 0 bridgehead atoms. The summed E-state index contributed by atoms with van der Waals surface area (Å²) in [5.41, 5.74) is 1.13. The summed E-state index contributed by atoms with van der Waals surface area (Å²) in [6.07, 6.45) is 2.13. The normalized spacial score (nSPS) is 17.0. The van der Waals surface area contributed by atoms with Crippen LogP contribution in [0.25, 0.3) is 0 Å². The van der Waals surface area contributed by atoms with Gasteiger partial charge in [-0.05, 0) is 19.8 Å². The van der Waals surface area contributed by atoms with E-state index in [0.717, 1.165) is 62.2 Å². The van der Waals surface area contributed by atoms with Gasteiger partial charge >= 0.3 is 0 Å². The van der Waals surface area contributed by atoms with Gasteiger partial charge in [-0.2, -0.15) is 0 Å². The van der Waals surface area contributed by atoms with Crippen LogP contribution in [0.4, 0.5) is 5.69 Å². The van der Waals surface area contributed by atoms with Crippen molar-refractivity contribution in [3.63, 3.8) is 0 Å². The van der Waals surface area contributed by atoms with Crippen LogP contribution in [0.3, 0.4) is 0 Å². The molecule has 1 aliphatic rings. The number of hydrogen-bond acceptors (Lipinski definition) is 4. The Morgan fingerprint density at radius 1 is 1.20 bits per heavy atom. The highest BCUT2D eigenvalue weighted by Gasteiger charge is 2.24. The molecule has 0 radical (unpaired) electrons. The molecule has 2 N–H and O–H groups in total. The predicted molar refractivity (Wildman–Crippen MR) is 115 cm³/mol. The fourth-order valence-electron chi connectivity index (χ4n) is 2.82. The zero-order valence-corrected chi connectivity index (χ0v) is 18.0. The highest BCUT2D eigenvalue weighted by molar-refractivity contribution is 14.0. The molecule has 1 fully saturated rings.